The van der Waals surface area contributed by atoms with Gasteiger partial charge in [0.15, 0.2) is 0 Å². The first-order valence-electron chi connectivity index (χ1n) is 11.3. The fourth-order valence-electron chi connectivity index (χ4n) is 5.52. The van der Waals surface area contributed by atoms with Gasteiger partial charge in [0.1, 0.15) is 0 Å². The van der Waals surface area contributed by atoms with Crippen molar-refractivity contribution in [3.05, 3.63) is 29.6 Å². The Labute approximate surface area is 192 Å². The highest BCUT2D eigenvalue weighted by atomic mass is 16.5. The first-order valence-corrected chi connectivity index (χ1v) is 11.3. The Kier molecular flexibility index (Phi) is 6.01. The highest BCUT2D eigenvalue weighted by Gasteiger charge is 2.61. The smallest absolute Gasteiger partial charge is 0.255 e. The van der Waals surface area contributed by atoms with Crippen molar-refractivity contribution in [1.29, 1.82) is 0 Å². The second kappa shape index (κ2) is 7.80. The normalized spacial score (nSPS) is 32.4. The molecule has 2 fully saturated rings. The molecular formula is C25H39N3O4. The van der Waals surface area contributed by atoms with Crippen LogP contribution in [0.25, 0.3) is 0 Å². The van der Waals surface area contributed by atoms with E-state index in [1.165, 1.54) is 12.4 Å². The van der Waals surface area contributed by atoms with Gasteiger partial charge in [-0.05, 0) is 32.8 Å². The monoisotopic (exact) mass is 445 g/mol. The molecule has 0 aliphatic heterocycles. The average molecular weight is 446 g/mol. The topological polar surface area (TPSA) is 72.0 Å². The molecule has 0 spiro atoms. The summed E-state index contributed by atoms with van der Waals surface area (Å²) in [4.78, 5) is 34.2. The molecule has 0 aromatic carbocycles. The number of carbonyl (C=O) groups excluding carboxylic acids is 2. The summed E-state index contributed by atoms with van der Waals surface area (Å²) in [6, 6.07) is 1.75. The molecule has 3 rings (SSSR count). The van der Waals surface area contributed by atoms with Gasteiger partial charge < -0.3 is 19.3 Å². The molecule has 2 aliphatic carbocycles. The van der Waals surface area contributed by atoms with Crippen molar-refractivity contribution in [2.75, 3.05) is 28.3 Å². The summed E-state index contributed by atoms with van der Waals surface area (Å²) >= 11 is 0. The van der Waals surface area contributed by atoms with E-state index in [0.717, 1.165) is 12.8 Å². The van der Waals surface area contributed by atoms with Gasteiger partial charge in [-0.15, -0.1) is 0 Å². The predicted octanol–water partition coefficient (Wildman–Crippen LogP) is 3.63. The Morgan fingerprint density at radius 3 is 1.44 bits per heavy atom. The van der Waals surface area contributed by atoms with E-state index in [9.17, 15) is 9.59 Å². The number of rotatable bonds is 6. The van der Waals surface area contributed by atoms with Gasteiger partial charge in [0.2, 0.25) is 0 Å². The lowest BCUT2D eigenvalue weighted by Gasteiger charge is -2.61. The highest BCUT2D eigenvalue weighted by molar-refractivity contribution is 5.99. The quantitative estimate of drug-likeness (QED) is 0.669. The molecule has 1 heterocycles. The van der Waals surface area contributed by atoms with Gasteiger partial charge in [-0.3, -0.25) is 14.6 Å². The molecule has 2 aliphatic rings. The average Bonchev–Trinajstić information content (AvgIpc) is 2.78. The lowest BCUT2D eigenvalue weighted by atomic mass is 9.55. The fraction of sp³-hybridized carbons (Fsp3) is 0.720. The SMILES string of the molecule is COC1(C)CC(N(C)C(=O)c2cncc(C(=O)N(C)C3CC(C)(OC)C3(C)C)c2)C1(C)C. The van der Waals surface area contributed by atoms with Gasteiger partial charge in [-0.1, -0.05) is 27.7 Å². The van der Waals surface area contributed by atoms with E-state index in [4.69, 9.17) is 9.47 Å². The van der Waals surface area contributed by atoms with Crippen LogP contribution in [0.4, 0.5) is 0 Å². The number of nitrogens with zero attached hydrogens (tertiary/aromatic N) is 3. The van der Waals surface area contributed by atoms with Crippen LogP contribution >= 0.6 is 0 Å². The third-order valence-corrected chi connectivity index (χ3v) is 9.27. The summed E-state index contributed by atoms with van der Waals surface area (Å²) in [5, 5.41) is 0. The molecule has 32 heavy (non-hydrogen) atoms. The van der Waals surface area contributed by atoms with E-state index in [2.05, 4.69) is 46.5 Å². The van der Waals surface area contributed by atoms with Crippen LogP contribution in [0.15, 0.2) is 18.5 Å². The molecule has 1 aromatic rings. The maximum atomic E-state index is 13.2. The van der Waals surface area contributed by atoms with Crippen LogP contribution in [-0.2, 0) is 9.47 Å². The van der Waals surface area contributed by atoms with Crippen LogP contribution in [0, 0.1) is 10.8 Å². The largest absolute Gasteiger partial charge is 0.378 e. The Morgan fingerprint density at radius 2 is 1.16 bits per heavy atom. The van der Waals surface area contributed by atoms with E-state index < -0.39 is 0 Å². The molecule has 7 heteroatoms. The molecule has 0 saturated heterocycles. The van der Waals surface area contributed by atoms with Crippen LogP contribution in [0.5, 0.6) is 0 Å². The van der Waals surface area contributed by atoms with Gasteiger partial charge >= 0.3 is 0 Å². The summed E-state index contributed by atoms with van der Waals surface area (Å²) in [5.74, 6) is -0.274. The lowest BCUT2D eigenvalue weighted by Crippen LogP contribution is -2.68. The first-order chi connectivity index (χ1) is 14.7. The lowest BCUT2D eigenvalue weighted by molar-refractivity contribution is -0.198. The Hall–Kier alpha value is -1.99. The van der Waals surface area contributed by atoms with Gasteiger partial charge in [0, 0.05) is 63.6 Å². The number of hydrogen-bond acceptors (Lipinski definition) is 5. The van der Waals surface area contributed by atoms with Crippen molar-refractivity contribution in [1.82, 2.24) is 14.8 Å². The molecule has 0 radical (unpaired) electrons. The van der Waals surface area contributed by atoms with Gasteiger partial charge in [-0.2, -0.15) is 0 Å². The summed E-state index contributed by atoms with van der Waals surface area (Å²) < 4.78 is 11.4. The summed E-state index contributed by atoms with van der Waals surface area (Å²) in [6.07, 6.45) is 4.60. The third kappa shape index (κ3) is 3.36. The Balaban J connectivity index is 1.76. The summed E-state index contributed by atoms with van der Waals surface area (Å²) in [7, 11) is 7.06. The van der Waals surface area contributed by atoms with Crippen LogP contribution in [0.1, 0.15) is 75.1 Å². The third-order valence-electron chi connectivity index (χ3n) is 9.27. The van der Waals surface area contributed by atoms with Gasteiger partial charge in [0.25, 0.3) is 11.8 Å². The van der Waals surface area contributed by atoms with Crippen LogP contribution in [-0.4, -0.2) is 78.2 Å². The van der Waals surface area contributed by atoms with Crippen molar-refractivity contribution in [3.63, 3.8) is 0 Å². The van der Waals surface area contributed by atoms with Crippen LogP contribution < -0.4 is 0 Å². The van der Waals surface area contributed by atoms with Crippen molar-refractivity contribution in [3.8, 4) is 0 Å². The standard InChI is InChI=1S/C25H39N3O4/c1-22(2)18(12-24(22,5)31-9)27(7)20(29)16-11-17(15-26-14-16)21(30)28(8)19-13-25(6,32-10)23(19,3)4/h11,14-15,18-19H,12-13H2,1-10H3. The second-order valence-corrected chi connectivity index (χ2v) is 11.0. The number of ether oxygens (including phenoxy) is 2. The molecule has 2 saturated carbocycles. The number of carbonyl (C=O) groups is 2. The van der Waals surface area contributed by atoms with Gasteiger partial charge in [0.05, 0.1) is 22.3 Å². The number of methoxy groups -OCH3 is 2. The van der Waals surface area contributed by atoms with Crippen molar-refractivity contribution < 1.29 is 19.1 Å². The maximum Gasteiger partial charge on any atom is 0.255 e. The Bertz CT molecular complexity index is 845. The van der Waals surface area contributed by atoms with E-state index in [0.29, 0.717) is 11.1 Å². The van der Waals surface area contributed by atoms with Crippen molar-refractivity contribution in [2.45, 2.75) is 77.7 Å². The van der Waals surface area contributed by atoms with Crippen molar-refractivity contribution >= 4 is 11.8 Å². The zero-order valence-corrected chi connectivity index (χ0v) is 21.3. The minimum absolute atomic E-state index is 0.0458. The molecule has 4 atom stereocenters. The van der Waals surface area contributed by atoms with Gasteiger partial charge in [-0.25, -0.2) is 0 Å². The number of amides is 2. The summed E-state index contributed by atoms with van der Waals surface area (Å²) in [6.45, 7) is 12.6. The first kappa shape index (κ1) is 24.6. The Morgan fingerprint density at radius 1 is 0.812 bits per heavy atom. The predicted molar refractivity (Wildman–Crippen MR) is 124 cm³/mol. The zero-order valence-electron chi connectivity index (χ0n) is 21.3. The minimum Gasteiger partial charge on any atom is -0.378 e. The maximum absolute atomic E-state index is 13.2. The van der Waals surface area contributed by atoms with E-state index in [1.807, 2.05) is 14.1 Å². The fourth-order valence-corrected chi connectivity index (χ4v) is 5.52. The summed E-state index contributed by atoms with van der Waals surface area (Å²) in [5.41, 5.74) is -0.0610. The molecule has 0 N–H and O–H groups in total. The molecule has 0 bridgehead atoms. The molecule has 178 valence electrons. The van der Waals surface area contributed by atoms with E-state index in [-0.39, 0.29) is 45.9 Å². The molecule has 1 aromatic heterocycles. The van der Waals surface area contributed by atoms with E-state index in [1.54, 1.807) is 30.1 Å². The molecule has 7 nitrogen and oxygen atoms in total. The number of pyridine rings is 1. The second-order valence-electron chi connectivity index (χ2n) is 11.0. The van der Waals surface area contributed by atoms with E-state index >= 15 is 0 Å². The van der Waals surface area contributed by atoms with Crippen LogP contribution in [0.3, 0.4) is 0 Å². The number of hydrogen-bond donors (Lipinski definition) is 0. The highest BCUT2D eigenvalue weighted by Crippen LogP contribution is 2.54. The minimum atomic E-state index is -0.267. The van der Waals surface area contributed by atoms with Crippen LogP contribution in [0.2, 0.25) is 0 Å². The van der Waals surface area contributed by atoms with Crippen molar-refractivity contribution in [2.24, 2.45) is 10.8 Å². The molecular weight excluding hydrogens is 406 g/mol. The molecule has 4 unspecified atom stereocenters. The zero-order chi connectivity index (χ0) is 24.3. The number of aromatic nitrogens is 1. The molecule has 2 amide bonds.